The summed E-state index contributed by atoms with van der Waals surface area (Å²) in [5.74, 6) is -6.58. The van der Waals surface area contributed by atoms with E-state index in [0.29, 0.717) is 28.2 Å². The highest BCUT2D eigenvalue weighted by Gasteiger charge is 2.66. The van der Waals surface area contributed by atoms with Crippen molar-refractivity contribution in [1.82, 2.24) is 4.90 Å². The van der Waals surface area contributed by atoms with Crippen molar-refractivity contribution in [2.24, 2.45) is 17.6 Å². The lowest BCUT2D eigenvalue weighted by Gasteiger charge is -2.52. The zero-order chi connectivity index (χ0) is 29.7. The SMILES string of the molecule is COc1ccc2c(c1OC)OC1c3c-2ccc(O)c3C(O)=C2C(=O)[C@]3(O)C(O)=C(C(N)=O)C(=O)[C@@H](N(C)C)[C@@H]3C[C@@H]21. The largest absolute Gasteiger partial charge is 0.508 e. The first-order valence-corrected chi connectivity index (χ1v) is 12.8. The van der Waals surface area contributed by atoms with E-state index in [4.69, 9.17) is 19.9 Å². The molecule has 6 rings (SSSR count). The van der Waals surface area contributed by atoms with Crippen LogP contribution in [0.5, 0.6) is 23.0 Å². The second kappa shape index (κ2) is 8.72. The van der Waals surface area contributed by atoms with Crippen LogP contribution in [-0.2, 0) is 14.4 Å². The van der Waals surface area contributed by atoms with Crippen molar-refractivity contribution < 1.29 is 49.0 Å². The van der Waals surface area contributed by atoms with Gasteiger partial charge < -0.3 is 40.4 Å². The molecule has 1 heterocycles. The van der Waals surface area contributed by atoms with Gasteiger partial charge in [-0.1, -0.05) is 6.07 Å². The number of ketones is 2. The summed E-state index contributed by atoms with van der Waals surface area (Å²) in [6.07, 6.45) is -1.12. The normalized spacial score (nSPS) is 28.0. The Bertz CT molecular complexity index is 1640. The molecule has 1 amide bonds. The maximum atomic E-state index is 14.2. The van der Waals surface area contributed by atoms with Crippen molar-refractivity contribution in [1.29, 1.82) is 0 Å². The number of fused-ring (bicyclic) bond motifs is 5. The zero-order valence-electron chi connectivity index (χ0n) is 22.6. The van der Waals surface area contributed by atoms with Crippen molar-refractivity contribution in [3.63, 3.8) is 0 Å². The predicted octanol–water partition coefficient (Wildman–Crippen LogP) is 1.54. The number of aromatic hydroxyl groups is 1. The molecule has 12 heteroatoms. The molecule has 0 saturated heterocycles. The number of ether oxygens (including phenoxy) is 3. The number of carbonyl (C=O) groups is 3. The van der Waals surface area contributed by atoms with Crippen molar-refractivity contribution in [2.75, 3.05) is 28.3 Å². The van der Waals surface area contributed by atoms with E-state index in [1.165, 1.54) is 39.3 Å². The number of methoxy groups -OCH3 is 2. The Morgan fingerprint density at radius 1 is 1.07 bits per heavy atom. The van der Waals surface area contributed by atoms with Crippen LogP contribution < -0.4 is 19.9 Å². The smallest absolute Gasteiger partial charge is 0.255 e. The molecule has 3 aliphatic carbocycles. The number of aliphatic hydroxyl groups is 3. The number of nitrogens with zero attached hydrogens (tertiary/aromatic N) is 1. The first kappa shape index (κ1) is 26.7. The molecule has 0 spiro atoms. The highest BCUT2D eigenvalue weighted by atomic mass is 16.5. The van der Waals surface area contributed by atoms with Crippen LogP contribution in [0.3, 0.4) is 0 Å². The first-order chi connectivity index (χ1) is 19.4. The van der Waals surface area contributed by atoms with E-state index in [1.54, 1.807) is 18.2 Å². The molecular formula is C29H28N2O10. The van der Waals surface area contributed by atoms with E-state index < -0.39 is 64.1 Å². The van der Waals surface area contributed by atoms with Gasteiger partial charge in [0.2, 0.25) is 11.5 Å². The van der Waals surface area contributed by atoms with Gasteiger partial charge in [-0.25, -0.2) is 0 Å². The van der Waals surface area contributed by atoms with Gasteiger partial charge in [0, 0.05) is 28.5 Å². The van der Waals surface area contributed by atoms with Crippen LogP contribution in [0.4, 0.5) is 0 Å². The van der Waals surface area contributed by atoms with Gasteiger partial charge in [0.15, 0.2) is 22.9 Å². The van der Waals surface area contributed by atoms with Crippen LogP contribution in [0.15, 0.2) is 41.2 Å². The molecule has 1 fully saturated rings. The van der Waals surface area contributed by atoms with Gasteiger partial charge in [-0.15, -0.1) is 0 Å². The van der Waals surface area contributed by atoms with Crippen molar-refractivity contribution in [3.8, 4) is 34.1 Å². The van der Waals surface area contributed by atoms with E-state index in [-0.39, 0.29) is 29.1 Å². The third-order valence-electron chi connectivity index (χ3n) is 8.70. The minimum absolute atomic E-state index is 0.0655. The molecule has 0 bridgehead atoms. The van der Waals surface area contributed by atoms with Gasteiger partial charge >= 0.3 is 0 Å². The number of hydrogen-bond donors (Lipinski definition) is 5. The Morgan fingerprint density at radius 2 is 1.76 bits per heavy atom. The molecule has 0 radical (unpaired) electrons. The summed E-state index contributed by atoms with van der Waals surface area (Å²) < 4.78 is 17.5. The highest BCUT2D eigenvalue weighted by molar-refractivity contribution is 6.24. The quantitative estimate of drug-likeness (QED) is 0.339. The topological polar surface area (TPSA) is 189 Å². The summed E-state index contributed by atoms with van der Waals surface area (Å²) in [7, 11) is 5.99. The number of phenolic OH excluding ortho intramolecular Hbond substituents is 1. The van der Waals surface area contributed by atoms with E-state index in [2.05, 4.69) is 0 Å². The van der Waals surface area contributed by atoms with E-state index >= 15 is 0 Å². The summed E-state index contributed by atoms with van der Waals surface area (Å²) in [5.41, 5.74) is 2.97. The molecule has 41 heavy (non-hydrogen) atoms. The van der Waals surface area contributed by atoms with Crippen molar-refractivity contribution >= 4 is 23.2 Å². The number of nitrogens with two attached hydrogens (primary N) is 1. The maximum absolute atomic E-state index is 14.2. The van der Waals surface area contributed by atoms with Gasteiger partial charge in [0.05, 0.1) is 25.8 Å². The van der Waals surface area contributed by atoms with E-state index in [0.717, 1.165) is 0 Å². The molecule has 214 valence electrons. The molecule has 12 nitrogen and oxygen atoms in total. The second-order valence-electron chi connectivity index (χ2n) is 10.8. The number of carbonyl (C=O) groups excluding carboxylic acids is 3. The number of rotatable bonds is 4. The first-order valence-electron chi connectivity index (χ1n) is 12.8. The van der Waals surface area contributed by atoms with Gasteiger partial charge in [-0.2, -0.15) is 0 Å². The number of amides is 1. The summed E-state index contributed by atoms with van der Waals surface area (Å²) in [4.78, 5) is 41.2. The standard InChI is InChI=1S/C29H28N2O10/c1-31(2)20-13-9-12-17(26(35)29(13,38)27(36)19(22(20)34)28(30)37)21(33)18-14(32)7-5-10-11-6-8-15(39-3)25(40-4)24(11)41-23(12)16(10)18/h5-8,12-13,20,23,32-33,36,38H,9H2,1-4H3,(H2,30,37)/t12-,13-,20-,23?,29-/m0/s1. The van der Waals surface area contributed by atoms with E-state index in [9.17, 15) is 34.8 Å². The molecule has 2 aromatic rings. The molecular weight excluding hydrogens is 536 g/mol. The van der Waals surface area contributed by atoms with Gasteiger partial charge in [-0.3, -0.25) is 19.3 Å². The van der Waals surface area contributed by atoms with Gasteiger partial charge in [0.1, 0.15) is 28.9 Å². The molecule has 5 atom stereocenters. The third-order valence-corrected chi connectivity index (χ3v) is 8.70. The summed E-state index contributed by atoms with van der Waals surface area (Å²) in [5, 5.41) is 45.3. The van der Waals surface area contributed by atoms with Gasteiger partial charge in [-0.05, 0) is 44.3 Å². The summed E-state index contributed by atoms with van der Waals surface area (Å²) in [6, 6.07) is 5.24. The Balaban J connectivity index is 1.64. The lowest BCUT2D eigenvalue weighted by molar-refractivity contribution is -0.155. The molecule has 1 aliphatic heterocycles. The Kier molecular flexibility index (Phi) is 5.67. The van der Waals surface area contributed by atoms with Crippen LogP contribution in [0.25, 0.3) is 16.9 Å². The minimum atomic E-state index is -2.76. The third kappa shape index (κ3) is 3.19. The minimum Gasteiger partial charge on any atom is -0.508 e. The summed E-state index contributed by atoms with van der Waals surface area (Å²) in [6.45, 7) is 0. The van der Waals surface area contributed by atoms with Gasteiger partial charge in [0.25, 0.3) is 5.91 Å². The predicted molar refractivity (Wildman–Crippen MR) is 142 cm³/mol. The average Bonchev–Trinajstić information content (AvgIpc) is 2.92. The number of benzene rings is 2. The van der Waals surface area contributed by atoms with Crippen LogP contribution in [0.2, 0.25) is 0 Å². The second-order valence-corrected chi connectivity index (χ2v) is 10.8. The molecule has 0 aromatic heterocycles. The number of likely N-dealkylation sites (N-methyl/N-ethyl adjacent to an activating group) is 1. The number of primary amides is 1. The fourth-order valence-electron chi connectivity index (χ4n) is 6.99. The molecule has 1 saturated carbocycles. The number of Topliss-reactive ketones (excluding diaryl/α,β-unsaturated/α-hetero) is 2. The lowest BCUT2D eigenvalue weighted by atomic mass is 9.56. The van der Waals surface area contributed by atoms with Crippen LogP contribution in [0, 0.1) is 11.8 Å². The monoisotopic (exact) mass is 564 g/mol. The van der Waals surface area contributed by atoms with Crippen molar-refractivity contribution in [3.05, 3.63) is 52.3 Å². The molecule has 1 unspecified atom stereocenters. The van der Waals surface area contributed by atoms with Crippen LogP contribution >= 0.6 is 0 Å². The van der Waals surface area contributed by atoms with Crippen LogP contribution in [-0.4, -0.2) is 82.8 Å². The van der Waals surface area contributed by atoms with E-state index in [1.807, 2.05) is 0 Å². The summed E-state index contributed by atoms with van der Waals surface area (Å²) >= 11 is 0. The maximum Gasteiger partial charge on any atom is 0.255 e. The molecule has 2 aromatic carbocycles. The fourth-order valence-corrected chi connectivity index (χ4v) is 6.99. The zero-order valence-corrected chi connectivity index (χ0v) is 22.6. The lowest BCUT2D eigenvalue weighted by Crippen LogP contribution is -2.66. The molecule has 4 aliphatic rings. The Labute approximate surface area is 233 Å². The number of phenols is 1. The van der Waals surface area contributed by atoms with Crippen LogP contribution in [0.1, 0.15) is 23.7 Å². The fraction of sp³-hybridized carbons (Fsp3) is 0.345. The molecule has 6 N–H and O–H groups in total. The number of aliphatic hydroxyl groups excluding tert-OH is 2. The number of hydrogen-bond acceptors (Lipinski definition) is 11. The average molecular weight is 565 g/mol. The Morgan fingerprint density at radius 3 is 2.37 bits per heavy atom. The van der Waals surface area contributed by atoms with Crippen molar-refractivity contribution in [2.45, 2.75) is 24.2 Å². The highest BCUT2D eigenvalue weighted by Crippen LogP contribution is 2.61. The Hall–Kier alpha value is -4.55.